The van der Waals surface area contributed by atoms with Gasteiger partial charge in [0.05, 0.1) is 12.0 Å². The number of furan rings is 1. The van der Waals surface area contributed by atoms with Gasteiger partial charge >= 0.3 is 0 Å². The maximum atomic E-state index is 5.26. The Morgan fingerprint density at radius 1 is 1.11 bits per heavy atom. The monoisotopic (exact) mass is 255 g/mol. The Balaban J connectivity index is 1.75. The topological polar surface area (TPSA) is 42.2 Å². The lowest BCUT2D eigenvalue weighted by Crippen LogP contribution is -2.31. The average Bonchev–Trinajstić information content (AvgIpc) is 3.00. The molecule has 98 valence electrons. The van der Waals surface area contributed by atoms with Crippen molar-refractivity contribution in [1.29, 1.82) is 0 Å². The van der Waals surface area contributed by atoms with Crippen LogP contribution in [0.3, 0.4) is 0 Å². The Kier molecular flexibility index (Phi) is 3.58. The van der Waals surface area contributed by atoms with Gasteiger partial charge in [0.15, 0.2) is 0 Å². The first kappa shape index (κ1) is 12.0. The second kappa shape index (κ2) is 5.69. The van der Waals surface area contributed by atoms with E-state index in [1.165, 1.54) is 19.3 Å². The van der Waals surface area contributed by atoms with E-state index < -0.39 is 0 Å². The zero-order valence-corrected chi connectivity index (χ0v) is 10.8. The van der Waals surface area contributed by atoms with Gasteiger partial charge < -0.3 is 9.32 Å². The number of piperidine rings is 1. The Labute approximate surface area is 112 Å². The first-order valence-electron chi connectivity index (χ1n) is 6.71. The minimum Gasteiger partial charge on any atom is -0.465 e. The zero-order chi connectivity index (χ0) is 12.9. The SMILES string of the molecule is C(=Cc1ccco1)c1ccnc(N2CCCCC2)n1. The quantitative estimate of drug-likeness (QED) is 0.844. The third-order valence-corrected chi connectivity index (χ3v) is 3.26. The molecule has 3 rings (SSSR count). The molecule has 0 radical (unpaired) electrons. The van der Waals surface area contributed by atoms with Crippen molar-refractivity contribution in [2.24, 2.45) is 0 Å². The lowest BCUT2D eigenvalue weighted by molar-refractivity contribution is 0.557. The van der Waals surface area contributed by atoms with Crippen LogP contribution in [0.4, 0.5) is 5.95 Å². The highest BCUT2D eigenvalue weighted by atomic mass is 16.3. The van der Waals surface area contributed by atoms with Gasteiger partial charge in [0.2, 0.25) is 5.95 Å². The van der Waals surface area contributed by atoms with Crippen LogP contribution in [0.1, 0.15) is 30.7 Å². The molecule has 0 amide bonds. The fraction of sp³-hybridized carbons (Fsp3) is 0.333. The molecule has 19 heavy (non-hydrogen) atoms. The second-order valence-corrected chi connectivity index (χ2v) is 4.68. The Hall–Kier alpha value is -2.10. The van der Waals surface area contributed by atoms with Crippen molar-refractivity contribution >= 4 is 18.1 Å². The van der Waals surface area contributed by atoms with Crippen LogP contribution in [0.2, 0.25) is 0 Å². The minimum absolute atomic E-state index is 0.832. The van der Waals surface area contributed by atoms with Crippen molar-refractivity contribution in [2.75, 3.05) is 18.0 Å². The van der Waals surface area contributed by atoms with Crippen molar-refractivity contribution in [2.45, 2.75) is 19.3 Å². The maximum Gasteiger partial charge on any atom is 0.225 e. The molecule has 2 aromatic heterocycles. The normalized spacial score (nSPS) is 16.1. The third-order valence-electron chi connectivity index (χ3n) is 3.26. The number of rotatable bonds is 3. The molecule has 0 bridgehead atoms. The van der Waals surface area contributed by atoms with E-state index in [1.54, 1.807) is 6.26 Å². The minimum atomic E-state index is 0.832. The van der Waals surface area contributed by atoms with E-state index in [4.69, 9.17) is 4.42 Å². The van der Waals surface area contributed by atoms with Crippen LogP contribution in [0.15, 0.2) is 35.1 Å². The van der Waals surface area contributed by atoms with Crippen LogP contribution in [0.5, 0.6) is 0 Å². The standard InChI is InChI=1S/C15H17N3O/c1-2-10-18(11-3-1)15-16-9-8-13(17-15)6-7-14-5-4-12-19-14/h4-9,12H,1-3,10-11H2. The fourth-order valence-corrected chi connectivity index (χ4v) is 2.25. The number of aromatic nitrogens is 2. The molecule has 0 atom stereocenters. The van der Waals surface area contributed by atoms with E-state index in [9.17, 15) is 0 Å². The van der Waals surface area contributed by atoms with E-state index >= 15 is 0 Å². The summed E-state index contributed by atoms with van der Waals surface area (Å²) in [5.41, 5.74) is 0.909. The molecule has 1 aliphatic heterocycles. The molecule has 2 aromatic rings. The van der Waals surface area contributed by atoms with Gasteiger partial charge in [-0.1, -0.05) is 0 Å². The Bertz CT molecular complexity index is 542. The van der Waals surface area contributed by atoms with Crippen LogP contribution in [0.25, 0.3) is 12.2 Å². The summed E-state index contributed by atoms with van der Waals surface area (Å²) in [6.45, 7) is 2.12. The van der Waals surface area contributed by atoms with Crippen molar-refractivity contribution in [3.8, 4) is 0 Å². The van der Waals surface area contributed by atoms with Gasteiger partial charge in [-0.05, 0) is 49.6 Å². The summed E-state index contributed by atoms with van der Waals surface area (Å²) in [6, 6.07) is 5.70. The van der Waals surface area contributed by atoms with E-state index in [0.29, 0.717) is 0 Å². The van der Waals surface area contributed by atoms with Crippen molar-refractivity contribution in [3.05, 3.63) is 42.1 Å². The maximum absolute atomic E-state index is 5.26. The number of hydrogen-bond acceptors (Lipinski definition) is 4. The van der Waals surface area contributed by atoms with E-state index in [2.05, 4.69) is 14.9 Å². The molecule has 0 aliphatic carbocycles. The molecule has 0 aromatic carbocycles. The zero-order valence-electron chi connectivity index (χ0n) is 10.8. The summed E-state index contributed by atoms with van der Waals surface area (Å²) >= 11 is 0. The first-order valence-corrected chi connectivity index (χ1v) is 6.71. The summed E-state index contributed by atoms with van der Waals surface area (Å²) in [5.74, 6) is 1.67. The number of hydrogen-bond donors (Lipinski definition) is 0. The molecule has 0 N–H and O–H groups in total. The molecule has 4 nitrogen and oxygen atoms in total. The van der Waals surface area contributed by atoms with Gasteiger partial charge in [0.25, 0.3) is 0 Å². The number of nitrogens with zero attached hydrogens (tertiary/aromatic N) is 3. The van der Waals surface area contributed by atoms with Gasteiger partial charge in [0, 0.05) is 19.3 Å². The van der Waals surface area contributed by atoms with Crippen molar-refractivity contribution in [3.63, 3.8) is 0 Å². The van der Waals surface area contributed by atoms with Gasteiger partial charge in [-0.3, -0.25) is 0 Å². The molecule has 1 aliphatic rings. The number of anilines is 1. The second-order valence-electron chi connectivity index (χ2n) is 4.68. The van der Waals surface area contributed by atoms with Crippen LogP contribution in [-0.4, -0.2) is 23.1 Å². The largest absolute Gasteiger partial charge is 0.465 e. The molecule has 1 saturated heterocycles. The fourth-order valence-electron chi connectivity index (χ4n) is 2.25. The molecule has 0 unspecified atom stereocenters. The molecular weight excluding hydrogens is 238 g/mol. The molecule has 1 fully saturated rings. The lowest BCUT2D eigenvalue weighted by atomic mass is 10.1. The first-order chi connectivity index (χ1) is 9.42. The summed E-state index contributed by atoms with van der Waals surface area (Å²) in [4.78, 5) is 11.2. The van der Waals surface area contributed by atoms with E-state index in [-0.39, 0.29) is 0 Å². The Morgan fingerprint density at radius 3 is 2.79 bits per heavy atom. The molecule has 0 saturated carbocycles. The van der Waals surface area contributed by atoms with E-state index in [1.807, 2.05) is 36.5 Å². The van der Waals surface area contributed by atoms with Crippen LogP contribution in [0, 0.1) is 0 Å². The van der Waals surface area contributed by atoms with E-state index in [0.717, 1.165) is 30.5 Å². The average molecular weight is 255 g/mol. The summed E-state index contributed by atoms with van der Waals surface area (Å²) in [7, 11) is 0. The molecule has 4 heteroatoms. The predicted octanol–water partition coefficient (Wildman–Crippen LogP) is 3.23. The van der Waals surface area contributed by atoms with Gasteiger partial charge in [-0.25, -0.2) is 9.97 Å². The summed E-state index contributed by atoms with van der Waals surface area (Å²) in [6.07, 6.45) is 11.1. The van der Waals surface area contributed by atoms with Crippen LogP contribution >= 0.6 is 0 Å². The molecule has 3 heterocycles. The highest BCUT2D eigenvalue weighted by molar-refractivity contribution is 5.65. The van der Waals surface area contributed by atoms with Gasteiger partial charge in [-0.2, -0.15) is 0 Å². The van der Waals surface area contributed by atoms with Crippen LogP contribution in [-0.2, 0) is 0 Å². The summed E-state index contributed by atoms with van der Waals surface area (Å²) < 4.78 is 5.26. The van der Waals surface area contributed by atoms with Gasteiger partial charge in [0.1, 0.15) is 5.76 Å². The third kappa shape index (κ3) is 3.02. The lowest BCUT2D eigenvalue weighted by Gasteiger charge is -2.26. The van der Waals surface area contributed by atoms with Crippen molar-refractivity contribution in [1.82, 2.24) is 9.97 Å². The summed E-state index contributed by atoms with van der Waals surface area (Å²) in [5, 5.41) is 0. The van der Waals surface area contributed by atoms with Crippen molar-refractivity contribution < 1.29 is 4.42 Å². The molecular formula is C15H17N3O. The highest BCUT2D eigenvalue weighted by Crippen LogP contribution is 2.16. The van der Waals surface area contributed by atoms with Crippen LogP contribution < -0.4 is 4.90 Å². The predicted molar refractivity (Wildman–Crippen MR) is 75.7 cm³/mol. The highest BCUT2D eigenvalue weighted by Gasteiger charge is 2.12. The smallest absolute Gasteiger partial charge is 0.225 e. The van der Waals surface area contributed by atoms with Gasteiger partial charge in [-0.15, -0.1) is 0 Å². The molecule has 0 spiro atoms. The Morgan fingerprint density at radius 2 is 2.00 bits per heavy atom.